The highest BCUT2D eigenvalue weighted by Gasteiger charge is 2.07. The first kappa shape index (κ1) is 20.1. The molecular weight excluding hydrogens is 421 g/mol. The monoisotopic (exact) mass is 445 g/mol. The summed E-state index contributed by atoms with van der Waals surface area (Å²) >= 11 is 0. The Morgan fingerprint density at radius 1 is 1.21 bits per heavy atom. The summed E-state index contributed by atoms with van der Waals surface area (Å²) in [4.78, 5) is 4.50. The van der Waals surface area contributed by atoms with Gasteiger partial charge in [-0.2, -0.15) is 0 Å². The third-order valence-electron chi connectivity index (χ3n) is 3.04. The van der Waals surface area contributed by atoms with Gasteiger partial charge in [-0.1, -0.05) is 0 Å². The maximum atomic E-state index is 5.59. The zero-order valence-corrected chi connectivity index (χ0v) is 16.5. The molecule has 0 bridgehead atoms. The molecule has 132 valence electrons. The molecule has 0 fully saturated rings. The zero-order valence-electron chi connectivity index (χ0n) is 14.2. The SMILES string of the molecule is CCNC(=NCc1ccco1)Nc1ccc(OC)c(OCC)c1.I. The second-order valence-corrected chi connectivity index (χ2v) is 4.70. The molecule has 1 heterocycles. The van der Waals surface area contributed by atoms with Crippen molar-refractivity contribution in [2.45, 2.75) is 20.4 Å². The van der Waals surface area contributed by atoms with Crippen LogP contribution in [-0.2, 0) is 6.54 Å². The zero-order chi connectivity index (χ0) is 16.5. The molecule has 2 rings (SSSR count). The Morgan fingerprint density at radius 3 is 2.67 bits per heavy atom. The summed E-state index contributed by atoms with van der Waals surface area (Å²) in [7, 11) is 1.62. The predicted octanol–water partition coefficient (Wildman–Crippen LogP) is 3.88. The molecular formula is C17H24IN3O3. The number of benzene rings is 1. The Labute approximate surface area is 159 Å². The average molecular weight is 445 g/mol. The van der Waals surface area contributed by atoms with E-state index in [4.69, 9.17) is 13.9 Å². The quantitative estimate of drug-likeness (QED) is 0.385. The van der Waals surface area contributed by atoms with Crippen LogP contribution in [0.3, 0.4) is 0 Å². The number of nitrogens with zero attached hydrogens (tertiary/aromatic N) is 1. The van der Waals surface area contributed by atoms with Gasteiger partial charge in [-0.3, -0.25) is 0 Å². The molecule has 0 saturated carbocycles. The summed E-state index contributed by atoms with van der Waals surface area (Å²) in [5, 5.41) is 6.45. The minimum atomic E-state index is 0. The summed E-state index contributed by atoms with van der Waals surface area (Å²) in [6.45, 7) is 5.76. The molecule has 7 heteroatoms. The van der Waals surface area contributed by atoms with Gasteiger partial charge in [-0.05, 0) is 38.1 Å². The molecule has 24 heavy (non-hydrogen) atoms. The van der Waals surface area contributed by atoms with Gasteiger partial charge in [0.15, 0.2) is 17.5 Å². The van der Waals surface area contributed by atoms with Crippen LogP contribution in [0.15, 0.2) is 46.0 Å². The van der Waals surface area contributed by atoms with Crippen LogP contribution in [-0.4, -0.2) is 26.2 Å². The lowest BCUT2D eigenvalue weighted by Crippen LogP contribution is -2.30. The summed E-state index contributed by atoms with van der Waals surface area (Å²) < 4.78 is 16.2. The van der Waals surface area contributed by atoms with Crippen molar-refractivity contribution in [2.75, 3.05) is 25.6 Å². The molecule has 0 aliphatic heterocycles. The fourth-order valence-corrected chi connectivity index (χ4v) is 2.03. The van der Waals surface area contributed by atoms with E-state index in [2.05, 4.69) is 15.6 Å². The Bertz CT molecular complexity index is 630. The number of anilines is 1. The smallest absolute Gasteiger partial charge is 0.196 e. The first-order valence-electron chi connectivity index (χ1n) is 7.65. The topological polar surface area (TPSA) is 68.0 Å². The second kappa shape index (κ2) is 10.8. The Morgan fingerprint density at radius 2 is 2.04 bits per heavy atom. The minimum Gasteiger partial charge on any atom is -0.493 e. The fraction of sp³-hybridized carbons (Fsp3) is 0.353. The largest absolute Gasteiger partial charge is 0.493 e. The van der Waals surface area contributed by atoms with Gasteiger partial charge in [0.25, 0.3) is 0 Å². The molecule has 2 aromatic rings. The lowest BCUT2D eigenvalue weighted by atomic mass is 10.2. The first-order valence-corrected chi connectivity index (χ1v) is 7.65. The molecule has 0 saturated heterocycles. The summed E-state index contributed by atoms with van der Waals surface area (Å²) in [5.41, 5.74) is 0.869. The van der Waals surface area contributed by atoms with E-state index in [0.29, 0.717) is 30.6 Å². The molecule has 0 unspecified atom stereocenters. The molecule has 0 atom stereocenters. The highest BCUT2D eigenvalue weighted by molar-refractivity contribution is 14.0. The number of methoxy groups -OCH3 is 1. The standard InChI is InChI=1S/C17H23N3O3.HI/c1-4-18-17(19-12-14-7-6-10-23-14)20-13-8-9-15(21-3)16(11-13)22-5-2;/h6-11H,4-5,12H2,1-3H3,(H2,18,19,20);1H. The van der Waals surface area contributed by atoms with E-state index in [1.54, 1.807) is 13.4 Å². The molecule has 0 aliphatic rings. The number of furan rings is 1. The normalized spacial score (nSPS) is 10.7. The van der Waals surface area contributed by atoms with Crippen LogP contribution >= 0.6 is 24.0 Å². The van der Waals surface area contributed by atoms with Crippen LogP contribution in [0.5, 0.6) is 11.5 Å². The summed E-state index contributed by atoms with van der Waals surface area (Å²) in [6.07, 6.45) is 1.64. The molecule has 1 aromatic heterocycles. The van der Waals surface area contributed by atoms with Crippen LogP contribution in [0.1, 0.15) is 19.6 Å². The number of hydrogen-bond acceptors (Lipinski definition) is 4. The highest BCUT2D eigenvalue weighted by atomic mass is 127. The molecule has 6 nitrogen and oxygen atoms in total. The van der Waals surface area contributed by atoms with E-state index in [1.165, 1.54) is 0 Å². The summed E-state index contributed by atoms with van der Waals surface area (Å²) in [6, 6.07) is 9.42. The number of guanidine groups is 1. The van der Waals surface area contributed by atoms with Crippen molar-refractivity contribution in [1.82, 2.24) is 5.32 Å². The maximum absolute atomic E-state index is 5.59. The van der Waals surface area contributed by atoms with Gasteiger partial charge in [0.1, 0.15) is 12.3 Å². The van der Waals surface area contributed by atoms with E-state index >= 15 is 0 Å². The van der Waals surface area contributed by atoms with Crippen LogP contribution in [0.25, 0.3) is 0 Å². The number of ether oxygens (including phenoxy) is 2. The third-order valence-corrected chi connectivity index (χ3v) is 3.04. The Kier molecular flexibility index (Phi) is 9.06. The van der Waals surface area contributed by atoms with Gasteiger partial charge in [-0.15, -0.1) is 24.0 Å². The fourth-order valence-electron chi connectivity index (χ4n) is 2.03. The van der Waals surface area contributed by atoms with E-state index in [0.717, 1.165) is 18.0 Å². The maximum Gasteiger partial charge on any atom is 0.196 e. The molecule has 0 radical (unpaired) electrons. The van der Waals surface area contributed by atoms with Crippen LogP contribution in [0, 0.1) is 0 Å². The van der Waals surface area contributed by atoms with Crippen molar-refractivity contribution in [2.24, 2.45) is 4.99 Å². The van der Waals surface area contributed by atoms with Crippen LogP contribution in [0.2, 0.25) is 0 Å². The van der Waals surface area contributed by atoms with Gasteiger partial charge in [0.2, 0.25) is 0 Å². The minimum absolute atomic E-state index is 0. The number of aliphatic imine (C=N–C) groups is 1. The molecule has 0 spiro atoms. The Balaban J connectivity index is 0.00000288. The third kappa shape index (κ3) is 5.95. The van der Waals surface area contributed by atoms with E-state index in [9.17, 15) is 0 Å². The van der Waals surface area contributed by atoms with Gasteiger partial charge in [0.05, 0.1) is 20.0 Å². The highest BCUT2D eigenvalue weighted by Crippen LogP contribution is 2.30. The lowest BCUT2D eigenvalue weighted by Gasteiger charge is -2.14. The van der Waals surface area contributed by atoms with Crippen LogP contribution in [0.4, 0.5) is 5.69 Å². The number of hydrogen-bond donors (Lipinski definition) is 2. The summed E-state index contributed by atoms with van der Waals surface area (Å²) in [5.74, 6) is 2.89. The molecule has 0 amide bonds. The van der Waals surface area contributed by atoms with Gasteiger partial charge < -0.3 is 24.5 Å². The first-order chi connectivity index (χ1) is 11.3. The average Bonchev–Trinajstić information content (AvgIpc) is 3.07. The number of halogens is 1. The van der Waals surface area contributed by atoms with Gasteiger partial charge in [0, 0.05) is 18.3 Å². The van der Waals surface area contributed by atoms with Crippen molar-refractivity contribution in [3.63, 3.8) is 0 Å². The van der Waals surface area contributed by atoms with Crippen molar-refractivity contribution >= 4 is 35.6 Å². The van der Waals surface area contributed by atoms with Gasteiger partial charge >= 0.3 is 0 Å². The van der Waals surface area contributed by atoms with E-state index in [1.807, 2.05) is 44.2 Å². The van der Waals surface area contributed by atoms with Crippen molar-refractivity contribution < 1.29 is 13.9 Å². The molecule has 2 N–H and O–H groups in total. The van der Waals surface area contributed by atoms with E-state index in [-0.39, 0.29) is 24.0 Å². The van der Waals surface area contributed by atoms with Crippen molar-refractivity contribution in [3.8, 4) is 11.5 Å². The Hall–Kier alpha value is -1.90. The number of rotatable bonds is 7. The van der Waals surface area contributed by atoms with Crippen LogP contribution < -0.4 is 20.1 Å². The van der Waals surface area contributed by atoms with Crippen molar-refractivity contribution in [1.29, 1.82) is 0 Å². The predicted molar refractivity (Wildman–Crippen MR) is 107 cm³/mol. The number of nitrogens with one attached hydrogen (secondary N) is 2. The molecule has 1 aromatic carbocycles. The van der Waals surface area contributed by atoms with E-state index < -0.39 is 0 Å². The lowest BCUT2D eigenvalue weighted by molar-refractivity contribution is 0.311. The second-order valence-electron chi connectivity index (χ2n) is 4.70. The van der Waals surface area contributed by atoms with Crippen molar-refractivity contribution in [3.05, 3.63) is 42.4 Å². The van der Waals surface area contributed by atoms with Gasteiger partial charge in [-0.25, -0.2) is 4.99 Å². The molecule has 0 aliphatic carbocycles.